The maximum atomic E-state index is 11.3. The number of esters is 1. The van der Waals surface area contributed by atoms with Crippen molar-refractivity contribution in [3.05, 3.63) is 12.2 Å². The van der Waals surface area contributed by atoms with Crippen LogP contribution >= 0.6 is 0 Å². The molecule has 0 N–H and O–H groups in total. The molecule has 0 unspecified atom stereocenters. The van der Waals surface area contributed by atoms with Crippen LogP contribution in [0.25, 0.3) is 0 Å². The van der Waals surface area contributed by atoms with Gasteiger partial charge in [-0.25, -0.2) is 4.79 Å². The lowest BCUT2D eigenvalue weighted by Gasteiger charge is -2.08. The highest BCUT2D eigenvalue weighted by Gasteiger charge is 2.02. The molecule has 0 aromatic heterocycles. The van der Waals surface area contributed by atoms with Crippen LogP contribution in [0.1, 0.15) is 129 Å². The Balaban J connectivity index is 3.07. The summed E-state index contributed by atoms with van der Waals surface area (Å²) in [6, 6.07) is 0. The van der Waals surface area contributed by atoms with Crippen LogP contribution in [0.4, 0.5) is 0 Å². The first-order valence-electron chi connectivity index (χ1n) is 21.2. The zero-order chi connectivity index (χ0) is 38.4. The summed E-state index contributed by atoms with van der Waals surface area (Å²) >= 11 is 0. The molecule has 0 saturated heterocycles. The van der Waals surface area contributed by atoms with E-state index in [1.54, 1.807) is 6.92 Å². The molecule has 53 heavy (non-hydrogen) atoms. The van der Waals surface area contributed by atoms with E-state index in [0.717, 1.165) is 228 Å². The van der Waals surface area contributed by atoms with Gasteiger partial charge in [0.25, 0.3) is 0 Å². The molecule has 0 heterocycles. The zero-order valence-corrected chi connectivity index (χ0v) is 34.4. The number of carbonyl (C=O) groups excluding carboxylic acids is 1. The van der Waals surface area contributed by atoms with E-state index in [0.29, 0.717) is 18.8 Å². The quantitative estimate of drug-likeness (QED) is 0.0339. The SMILES string of the molecule is C=C(C)C(=O)OCCCCOCCCCOCCCCOCCCCOCCCCOCCCCOCCCCOCCCCOCCCCOCC. The Morgan fingerprint density at radius 1 is 0.321 bits per heavy atom. The van der Waals surface area contributed by atoms with Crippen LogP contribution in [0, 0.1) is 0 Å². The molecular formula is C42H82O11. The Kier molecular flexibility index (Phi) is 46.0. The zero-order valence-electron chi connectivity index (χ0n) is 34.4. The fourth-order valence-electron chi connectivity index (χ4n) is 4.82. The van der Waals surface area contributed by atoms with Gasteiger partial charge in [-0.05, 0) is 129 Å². The predicted molar refractivity (Wildman–Crippen MR) is 212 cm³/mol. The summed E-state index contributed by atoms with van der Waals surface area (Å²) in [7, 11) is 0. The lowest BCUT2D eigenvalue weighted by Crippen LogP contribution is -2.07. The molecule has 0 spiro atoms. The minimum absolute atomic E-state index is 0.322. The molecule has 316 valence electrons. The first kappa shape index (κ1) is 51.9. The number of ether oxygens (including phenoxy) is 10. The molecule has 0 bridgehead atoms. The fraction of sp³-hybridized carbons (Fsp3) is 0.929. The number of hydrogen-bond donors (Lipinski definition) is 0. The molecule has 11 nitrogen and oxygen atoms in total. The van der Waals surface area contributed by atoms with Crippen molar-refractivity contribution in [2.75, 3.05) is 126 Å². The van der Waals surface area contributed by atoms with Crippen molar-refractivity contribution < 1.29 is 52.2 Å². The lowest BCUT2D eigenvalue weighted by molar-refractivity contribution is -0.139. The topological polar surface area (TPSA) is 109 Å². The summed E-state index contributed by atoms with van der Waals surface area (Å²) < 4.78 is 56.0. The van der Waals surface area contributed by atoms with E-state index in [2.05, 4.69) is 6.58 Å². The van der Waals surface area contributed by atoms with Crippen molar-refractivity contribution in [1.29, 1.82) is 0 Å². The lowest BCUT2D eigenvalue weighted by atomic mass is 10.3. The minimum atomic E-state index is -0.322. The van der Waals surface area contributed by atoms with Crippen molar-refractivity contribution in [2.24, 2.45) is 0 Å². The number of hydrogen-bond acceptors (Lipinski definition) is 11. The standard InChI is InChI=1S/C42H82O11/c1-4-44-23-5-6-24-45-25-7-8-26-46-27-9-10-28-47-29-11-12-30-48-31-13-14-32-49-33-15-16-34-50-35-17-18-36-51-37-19-20-38-52-39-21-22-40-53-42(43)41(2)3/h2,4-40H2,1,3H3. The second kappa shape index (κ2) is 47.0. The summed E-state index contributed by atoms with van der Waals surface area (Å²) in [5, 5.41) is 0. The van der Waals surface area contributed by atoms with E-state index in [4.69, 9.17) is 47.4 Å². The summed E-state index contributed by atoms with van der Waals surface area (Å²) in [4.78, 5) is 11.3. The van der Waals surface area contributed by atoms with Crippen LogP contribution < -0.4 is 0 Å². The third-order valence-corrected chi connectivity index (χ3v) is 8.09. The highest BCUT2D eigenvalue weighted by atomic mass is 16.5. The summed E-state index contributed by atoms with van der Waals surface area (Å²) in [5.74, 6) is -0.322. The smallest absolute Gasteiger partial charge is 0.333 e. The maximum Gasteiger partial charge on any atom is 0.333 e. The Bertz CT molecular complexity index is 725. The largest absolute Gasteiger partial charge is 0.462 e. The van der Waals surface area contributed by atoms with Gasteiger partial charge in [-0.2, -0.15) is 0 Å². The number of unbranched alkanes of at least 4 members (excludes halogenated alkanes) is 9. The molecule has 0 aliphatic rings. The molecule has 0 aliphatic heterocycles. The molecule has 0 aromatic rings. The Hall–Kier alpha value is -1.15. The molecule has 0 radical (unpaired) electrons. The average molecular weight is 763 g/mol. The van der Waals surface area contributed by atoms with Gasteiger partial charge < -0.3 is 47.4 Å². The van der Waals surface area contributed by atoms with Gasteiger partial charge in [0.1, 0.15) is 0 Å². The van der Waals surface area contributed by atoms with Crippen molar-refractivity contribution >= 4 is 5.97 Å². The normalized spacial score (nSPS) is 11.4. The molecule has 0 aromatic carbocycles. The predicted octanol–water partition coefficient (Wildman–Crippen LogP) is 8.30. The van der Waals surface area contributed by atoms with E-state index < -0.39 is 0 Å². The van der Waals surface area contributed by atoms with Gasteiger partial charge in [0, 0.05) is 124 Å². The third kappa shape index (κ3) is 46.9. The first-order chi connectivity index (χ1) is 26.2. The molecule has 0 atom stereocenters. The molecule has 0 saturated carbocycles. The Morgan fingerprint density at radius 3 is 0.660 bits per heavy atom. The van der Waals surface area contributed by atoms with Gasteiger partial charge in [0.15, 0.2) is 0 Å². The van der Waals surface area contributed by atoms with E-state index in [-0.39, 0.29) is 5.97 Å². The number of carbonyl (C=O) groups is 1. The van der Waals surface area contributed by atoms with Crippen molar-refractivity contribution in [3.63, 3.8) is 0 Å². The molecule has 0 rings (SSSR count). The molecule has 0 aliphatic carbocycles. The summed E-state index contributed by atoms with van der Waals surface area (Å²) in [5.41, 5.74) is 0.437. The van der Waals surface area contributed by atoms with Crippen LogP contribution in [0.3, 0.4) is 0 Å². The fourth-order valence-corrected chi connectivity index (χ4v) is 4.82. The summed E-state index contributed by atoms with van der Waals surface area (Å²) in [6.45, 7) is 22.0. The van der Waals surface area contributed by atoms with Gasteiger partial charge in [-0.15, -0.1) is 0 Å². The molecule has 11 heteroatoms. The van der Waals surface area contributed by atoms with E-state index in [9.17, 15) is 4.79 Å². The maximum absolute atomic E-state index is 11.3. The number of rotatable bonds is 47. The molecule has 0 amide bonds. The summed E-state index contributed by atoms with van der Waals surface area (Å²) in [6.07, 6.45) is 18.4. The van der Waals surface area contributed by atoms with Crippen LogP contribution in [0.2, 0.25) is 0 Å². The Labute approximate surface area is 324 Å². The van der Waals surface area contributed by atoms with Gasteiger partial charge in [-0.1, -0.05) is 6.58 Å². The van der Waals surface area contributed by atoms with Crippen LogP contribution in [-0.2, 0) is 52.2 Å². The van der Waals surface area contributed by atoms with E-state index in [1.165, 1.54) is 0 Å². The van der Waals surface area contributed by atoms with Crippen LogP contribution in [0.15, 0.2) is 12.2 Å². The van der Waals surface area contributed by atoms with E-state index in [1.807, 2.05) is 6.92 Å². The average Bonchev–Trinajstić information content (AvgIpc) is 3.16. The van der Waals surface area contributed by atoms with Gasteiger partial charge in [-0.3, -0.25) is 0 Å². The monoisotopic (exact) mass is 763 g/mol. The molecule has 0 fully saturated rings. The van der Waals surface area contributed by atoms with Crippen LogP contribution in [-0.4, -0.2) is 132 Å². The van der Waals surface area contributed by atoms with Crippen molar-refractivity contribution in [2.45, 2.75) is 129 Å². The highest BCUT2D eigenvalue weighted by molar-refractivity contribution is 5.86. The first-order valence-corrected chi connectivity index (χ1v) is 21.2. The van der Waals surface area contributed by atoms with Crippen LogP contribution in [0.5, 0.6) is 0 Å². The van der Waals surface area contributed by atoms with Gasteiger partial charge in [0.2, 0.25) is 0 Å². The van der Waals surface area contributed by atoms with Crippen molar-refractivity contribution in [3.8, 4) is 0 Å². The van der Waals surface area contributed by atoms with Gasteiger partial charge >= 0.3 is 5.97 Å². The van der Waals surface area contributed by atoms with Crippen molar-refractivity contribution in [1.82, 2.24) is 0 Å². The third-order valence-electron chi connectivity index (χ3n) is 8.09. The van der Waals surface area contributed by atoms with Gasteiger partial charge in [0.05, 0.1) is 6.61 Å². The second-order valence-corrected chi connectivity index (χ2v) is 13.4. The van der Waals surface area contributed by atoms with E-state index >= 15 is 0 Å². The highest BCUT2D eigenvalue weighted by Crippen LogP contribution is 2.02. The Morgan fingerprint density at radius 2 is 0.491 bits per heavy atom. The second-order valence-electron chi connectivity index (χ2n) is 13.4. The molecular weight excluding hydrogens is 680 g/mol. The minimum Gasteiger partial charge on any atom is -0.462 e.